The van der Waals surface area contributed by atoms with Crippen LogP contribution >= 0.6 is 0 Å². The summed E-state index contributed by atoms with van der Waals surface area (Å²) in [6, 6.07) is 13.2. The maximum absolute atomic E-state index is 10.1. The fourth-order valence-electron chi connectivity index (χ4n) is 3.57. The summed E-state index contributed by atoms with van der Waals surface area (Å²) in [4.78, 5) is 9.26. The SMILES string of the molecule is CCNC(=NCc1ccc(OCCO)c(OC)c1)N1CCN(c2ccccc2O)CC1. The number of anilines is 1. The molecule has 3 N–H and O–H groups in total. The molecule has 2 aromatic carbocycles. The molecule has 0 unspecified atom stereocenters. The van der Waals surface area contributed by atoms with Crippen LogP contribution in [-0.2, 0) is 6.54 Å². The number of nitrogens with zero attached hydrogens (tertiary/aromatic N) is 3. The van der Waals surface area contributed by atoms with Crippen LogP contribution in [0.4, 0.5) is 5.69 Å². The molecule has 2 aromatic rings. The minimum absolute atomic E-state index is 0.0433. The standard InChI is InChI=1S/C23H32N4O4/c1-3-24-23(25-17-18-8-9-21(31-15-14-28)22(16-18)30-2)27-12-10-26(11-13-27)19-6-4-5-7-20(19)29/h4-9,16,28-29H,3,10-15,17H2,1-2H3,(H,24,25). The Morgan fingerprint density at radius 2 is 1.87 bits per heavy atom. The van der Waals surface area contributed by atoms with Crippen LogP contribution in [0.25, 0.3) is 0 Å². The van der Waals surface area contributed by atoms with E-state index in [1.54, 1.807) is 13.2 Å². The Morgan fingerprint density at radius 1 is 1.10 bits per heavy atom. The highest BCUT2D eigenvalue weighted by Crippen LogP contribution is 2.29. The predicted octanol–water partition coefficient (Wildman–Crippen LogP) is 2.06. The van der Waals surface area contributed by atoms with E-state index in [1.165, 1.54) is 0 Å². The summed E-state index contributed by atoms with van der Waals surface area (Å²) < 4.78 is 10.9. The third-order valence-corrected chi connectivity index (χ3v) is 5.12. The molecule has 0 atom stereocenters. The predicted molar refractivity (Wildman–Crippen MR) is 122 cm³/mol. The largest absolute Gasteiger partial charge is 0.506 e. The molecule has 1 aliphatic heterocycles. The normalized spacial score (nSPS) is 14.5. The van der Waals surface area contributed by atoms with Gasteiger partial charge in [-0.05, 0) is 36.8 Å². The number of benzene rings is 2. The quantitative estimate of drug-likeness (QED) is 0.438. The number of hydrogen-bond acceptors (Lipinski definition) is 6. The number of aromatic hydroxyl groups is 1. The number of hydrogen-bond donors (Lipinski definition) is 3. The third-order valence-electron chi connectivity index (χ3n) is 5.12. The lowest BCUT2D eigenvalue weighted by molar-refractivity contribution is 0.196. The number of aliphatic hydroxyl groups is 1. The van der Waals surface area contributed by atoms with Gasteiger partial charge in [-0.1, -0.05) is 18.2 Å². The summed E-state index contributed by atoms with van der Waals surface area (Å²) in [6.45, 7) is 6.80. The summed E-state index contributed by atoms with van der Waals surface area (Å²) in [5.74, 6) is 2.43. The van der Waals surface area contributed by atoms with Crippen molar-refractivity contribution in [2.45, 2.75) is 13.5 Å². The molecule has 1 saturated heterocycles. The van der Waals surface area contributed by atoms with Crippen LogP contribution in [0.2, 0.25) is 0 Å². The lowest BCUT2D eigenvalue weighted by Gasteiger charge is -2.37. The molecule has 31 heavy (non-hydrogen) atoms. The van der Waals surface area contributed by atoms with E-state index in [9.17, 15) is 5.11 Å². The maximum Gasteiger partial charge on any atom is 0.194 e. The van der Waals surface area contributed by atoms with E-state index < -0.39 is 0 Å². The van der Waals surface area contributed by atoms with Gasteiger partial charge in [-0.2, -0.15) is 0 Å². The molecule has 0 spiro atoms. The minimum Gasteiger partial charge on any atom is -0.506 e. The van der Waals surface area contributed by atoms with Crippen molar-refractivity contribution < 1.29 is 19.7 Å². The topological polar surface area (TPSA) is 89.8 Å². The van der Waals surface area contributed by atoms with Crippen molar-refractivity contribution in [2.24, 2.45) is 4.99 Å². The van der Waals surface area contributed by atoms with E-state index in [4.69, 9.17) is 19.6 Å². The van der Waals surface area contributed by atoms with Gasteiger partial charge in [0, 0.05) is 32.7 Å². The first-order valence-electron chi connectivity index (χ1n) is 10.6. The highest BCUT2D eigenvalue weighted by molar-refractivity contribution is 5.80. The molecule has 8 heteroatoms. The van der Waals surface area contributed by atoms with Crippen LogP contribution in [-0.4, -0.2) is 74.1 Å². The molecular formula is C23H32N4O4. The zero-order valence-electron chi connectivity index (χ0n) is 18.3. The first-order valence-corrected chi connectivity index (χ1v) is 10.6. The van der Waals surface area contributed by atoms with Crippen molar-refractivity contribution in [2.75, 3.05) is 57.9 Å². The van der Waals surface area contributed by atoms with Crippen molar-refractivity contribution in [1.29, 1.82) is 0 Å². The Hall–Kier alpha value is -3.13. The van der Waals surface area contributed by atoms with Gasteiger partial charge >= 0.3 is 0 Å². The van der Waals surface area contributed by atoms with Crippen LogP contribution in [0.5, 0.6) is 17.2 Å². The summed E-state index contributed by atoms with van der Waals surface area (Å²) >= 11 is 0. The van der Waals surface area contributed by atoms with Crippen LogP contribution < -0.4 is 19.7 Å². The highest BCUT2D eigenvalue weighted by atomic mass is 16.5. The third kappa shape index (κ3) is 5.95. The zero-order valence-corrected chi connectivity index (χ0v) is 18.3. The number of aliphatic imine (C=N–C) groups is 1. The van der Waals surface area contributed by atoms with Gasteiger partial charge < -0.3 is 34.8 Å². The Morgan fingerprint density at radius 3 is 2.55 bits per heavy atom. The van der Waals surface area contributed by atoms with Gasteiger partial charge in [0.25, 0.3) is 0 Å². The van der Waals surface area contributed by atoms with E-state index in [-0.39, 0.29) is 13.2 Å². The average Bonchev–Trinajstić information content (AvgIpc) is 2.81. The molecule has 1 aliphatic rings. The van der Waals surface area contributed by atoms with Gasteiger partial charge in [-0.25, -0.2) is 4.99 Å². The molecule has 3 rings (SSSR count). The first-order chi connectivity index (χ1) is 15.2. The second kappa shape index (κ2) is 11.3. The summed E-state index contributed by atoms with van der Waals surface area (Å²) in [6.07, 6.45) is 0. The summed E-state index contributed by atoms with van der Waals surface area (Å²) in [7, 11) is 1.60. The molecule has 0 amide bonds. The van der Waals surface area contributed by atoms with Crippen molar-refractivity contribution >= 4 is 11.6 Å². The summed E-state index contributed by atoms with van der Waals surface area (Å²) in [5.41, 5.74) is 1.89. The van der Waals surface area contributed by atoms with Crippen LogP contribution in [0, 0.1) is 0 Å². The fraction of sp³-hybridized carbons (Fsp3) is 0.435. The number of rotatable bonds is 8. The van der Waals surface area contributed by atoms with Crippen molar-refractivity contribution in [1.82, 2.24) is 10.2 Å². The maximum atomic E-state index is 10.1. The highest BCUT2D eigenvalue weighted by Gasteiger charge is 2.21. The Balaban J connectivity index is 1.65. The monoisotopic (exact) mass is 428 g/mol. The van der Waals surface area contributed by atoms with E-state index in [2.05, 4.69) is 22.0 Å². The van der Waals surface area contributed by atoms with Gasteiger partial charge in [-0.3, -0.25) is 0 Å². The van der Waals surface area contributed by atoms with E-state index in [0.717, 1.165) is 49.9 Å². The van der Waals surface area contributed by atoms with Crippen molar-refractivity contribution in [3.63, 3.8) is 0 Å². The van der Waals surface area contributed by atoms with Gasteiger partial charge in [0.15, 0.2) is 17.5 Å². The minimum atomic E-state index is -0.0433. The van der Waals surface area contributed by atoms with Gasteiger partial charge in [-0.15, -0.1) is 0 Å². The number of guanidine groups is 1. The average molecular weight is 429 g/mol. The second-order valence-corrected chi connectivity index (χ2v) is 7.19. The van der Waals surface area contributed by atoms with Crippen LogP contribution in [0.15, 0.2) is 47.5 Å². The molecule has 0 radical (unpaired) electrons. The second-order valence-electron chi connectivity index (χ2n) is 7.19. The lowest BCUT2D eigenvalue weighted by atomic mass is 10.2. The number of ether oxygens (including phenoxy) is 2. The fourth-order valence-corrected chi connectivity index (χ4v) is 3.57. The number of piperazine rings is 1. The number of nitrogens with one attached hydrogen (secondary N) is 1. The Labute approximate surface area is 183 Å². The smallest absolute Gasteiger partial charge is 0.194 e. The number of para-hydroxylation sites is 2. The van der Waals surface area contributed by atoms with E-state index in [0.29, 0.717) is 23.8 Å². The first kappa shape index (κ1) is 22.6. The molecule has 168 valence electrons. The molecule has 1 heterocycles. The van der Waals surface area contributed by atoms with Gasteiger partial charge in [0.05, 0.1) is 25.9 Å². The summed E-state index contributed by atoms with van der Waals surface area (Å²) in [5, 5.41) is 22.4. The Bertz CT molecular complexity index is 866. The van der Waals surface area contributed by atoms with Crippen LogP contribution in [0.3, 0.4) is 0 Å². The molecule has 0 saturated carbocycles. The van der Waals surface area contributed by atoms with E-state index in [1.807, 2.05) is 36.4 Å². The van der Waals surface area contributed by atoms with Crippen molar-refractivity contribution in [3.05, 3.63) is 48.0 Å². The molecular weight excluding hydrogens is 396 g/mol. The molecule has 0 aliphatic carbocycles. The van der Waals surface area contributed by atoms with Crippen molar-refractivity contribution in [3.8, 4) is 17.2 Å². The molecule has 1 fully saturated rings. The lowest BCUT2D eigenvalue weighted by Crippen LogP contribution is -2.52. The van der Waals surface area contributed by atoms with Gasteiger partial charge in [0.2, 0.25) is 0 Å². The van der Waals surface area contributed by atoms with Gasteiger partial charge in [0.1, 0.15) is 12.4 Å². The van der Waals surface area contributed by atoms with E-state index >= 15 is 0 Å². The molecule has 8 nitrogen and oxygen atoms in total. The number of aliphatic hydroxyl groups excluding tert-OH is 1. The number of phenolic OH excluding ortho intramolecular Hbond substituents is 1. The number of phenols is 1. The molecule has 0 aromatic heterocycles. The molecule has 0 bridgehead atoms. The number of methoxy groups -OCH3 is 1. The zero-order chi connectivity index (χ0) is 22.1. The van der Waals surface area contributed by atoms with Crippen LogP contribution in [0.1, 0.15) is 12.5 Å². The Kier molecular flexibility index (Phi) is 8.23.